The third kappa shape index (κ3) is 3.44. The Balaban J connectivity index is 3.22. The Morgan fingerprint density at radius 2 is 1.62 bits per heavy atom. The Morgan fingerprint density at radius 3 is 2.05 bits per heavy atom. The molecule has 0 bridgehead atoms. The number of amides is 4. The second kappa shape index (κ2) is 6.46. The number of primary amides is 1. The molecule has 1 aromatic rings. The summed E-state index contributed by atoms with van der Waals surface area (Å²) in [6, 6.07) is -2.67. The predicted octanol–water partition coefficient (Wildman–Crippen LogP) is 1.99. The molecule has 0 aliphatic heterocycles. The number of hydrogen-bond acceptors (Lipinski definition) is 5. The maximum Gasteiger partial charge on any atom is 0.348 e. The Labute approximate surface area is 122 Å². The summed E-state index contributed by atoms with van der Waals surface area (Å²) in [6.07, 6.45) is 2.24. The van der Waals surface area contributed by atoms with Crippen molar-refractivity contribution in [3.8, 4) is 0 Å². The smallest absolute Gasteiger partial charge is 0.348 e. The van der Waals surface area contributed by atoms with E-state index in [1.807, 2.05) is 0 Å². The highest BCUT2D eigenvalue weighted by molar-refractivity contribution is 5.99. The van der Waals surface area contributed by atoms with E-state index in [0.29, 0.717) is 5.06 Å². The van der Waals surface area contributed by atoms with Crippen molar-refractivity contribution in [1.82, 2.24) is 5.06 Å². The van der Waals surface area contributed by atoms with Crippen LogP contribution >= 0.6 is 0 Å². The number of rotatable bonds is 4. The average Bonchev–Trinajstić information content (AvgIpc) is 2.85. The monoisotopic (exact) mass is 300 g/mol. The van der Waals surface area contributed by atoms with Crippen LogP contribution in [0.15, 0.2) is 16.9 Å². The van der Waals surface area contributed by atoms with Crippen molar-refractivity contribution in [3.63, 3.8) is 0 Å². The van der Waals surface area contributed by atoms with Gasteiger partial charge in [0, 0.05) is 6.04 Å². The van der Waals surface area contributed by atoms with Crippen LogP contribution in [0.5, 0.6) is 0 Å². The lowest BCUT2D eigenvalue weighted by molar-refractivity contribution is -0.0653. The van der Waals surface area contributed by atoms with Gasteiger partial charge in [-0.25, -0.2) is 14.7 Å². The summed E-state index contributed by atoms with van der Waals surface area (Å²) in [5.74, 6) is 0. The molecule has 4 N–H and O–H groups in total. The number of furan rings is 1. The summed E-state index contributed by atoms with van der Waals surface area (Å²) < 4.78 is 4.93. The summed E-state index contributed by atoms with van der Waals surface area (Å²) in [7, 11) is 0. The van der Waals surface area contributed by atoms with Crippen molar-refractivity contribution in [1.29, 1.82) is 0 Å². The average molecular weight is 300 g/mol. The fraction of sp³-hybridized carbons (Fsp3) is 0.500. The lowest BCUT2D eigenvalue weighted by Crippen LogP contribution is -2.48. The number of nitrogens with zero attached hydrogens (tertiary/aromatic N) is 3. The van der Waals surface area contributed by atoms with Gasteiger partial charge in [0.05, 0.1) is 6.04 Å². The Bertz CT molecular complexity index is 514. The topological polar surface area (TPSA) is 123 Å². The van der Waals surface area contributed by atoms with Gasteiger partial charge in [-0.3, -0.25) is 15.3 Å². The van der Waals surface area contributed by atoms with Gasteiger partial charge in [-0.1, -0.05) is 0 Å². The molecular weight excluding hydrogens is 280 g/mol. The molecule has 0 aliphatic rings. The standard InChI is InChI=1S/C12H20N4O5/c1-7(2)14(12(18)15(19)8(3)4)9-5-21-6-10(9)16(20)11(13)17/h5-8,19-20H,1-4H3,(H2,13,17). The minimum Gasteiger partial charge on any atom is -0.468 e. The second-order valence-electron chi connectivity index (χ2n) is 4.98. The molecule has 0 saturated carbocycles. The SMILES string of the molecule is CC(C)N(O)C(=O)N(c1cocc1N(O)C(N)=O)C(C)C. The Morgan fingerprint density at radius 1 is 1.10 bits per heavy atom. The molecule has 0 spiro atoms. The first kappa shape index (κ1) is 16.8. The molecule has 1 rings (SSSR count). The number of hydroxylamine groups is 3. The quantitative estimate of drug-likeness (QED) is 0.579. The lowest BCUT2D eigenvalue weighted by atomic mass is 10.2. The molecule has 1 aromatic heterocycles. The molecule has 0 atom stereocenters. The zero-order valence-corrected chi connectivity index (χ0v) is 12.3. The minimum atomic E-state index is -1.13. The summed E-state index contributed by atoms with van der Waals surface area (Å²) in [4.78, 5) is 24.5. The zero-order valence-electron chi connectivity index (χ0n) is 12.3. The normalized spacial score (nSPS) is 10.9. The van der Waals surface area contributed by atoms with Crippen LogP contribution in [0.4, 0.5) is 21.0 Å². The molecule has 0 aliphatic carbocycles. The van der Waals surface area contributed by atoms with Crippen LogP contribution in [0.3, 0.4) is 0 Å². The van der Waals surface area contributed by atoms with E-state index in [-0.39, 0.29) is 22.5 Å². The van der Waals surface area contributed by atoms with Gasteiger partial charge in [0.1, 0.15) is 23.9 Å². The highest BCUT2D eigenvalue weighted by Gasteiger charge is 2.30. The maximum absolute atomic E-state index is 12.3. The van der Waals surface area contributed by atoms with Gasteiger partial charge in [-0.15, -0.1) is 0 Å². The summed E-state index contributed by atoms with van der Waals surface area (Å²) >= 11 is 0. The van der Waals surface area contributed by atoms with Crippen LogP contribution in [0.1, 0.15) is 27.7 Å². The first-order chi connectivity index (χ1) is 9.68. The third-order valence-corrected chi connectivity index (χ3v) is 2.73. The van der Waals surface area contributed by atoms with Crippen molar-refractivity contribution in [2.45, 2.75) is 39.8 Å². The summed E-state index contributed by atoms with van der Waals surface area (Å²) in [5, 5.41) is 20.1. The van der Waals surface area contributed by atoms with E-state index < -0.39 is 18.1 Å². The summed E-state index contributed by atoms with van der Waals surface area (Å²) in [5.41, 5.74) is 5.00. The number of nitrogens with two attached hydrogens (primary N) is 1. The minimum absolute atomic E-state index is 0.0956. The highest BCUT2D eigenvalue weighted by atomic mass is 16.5. The maximum atomic E-state index is 12.3. The predicted molar refractivity (Wildman–Crippen MR) is 74.3 cm³/mol. The van der Waals surface area contributed by atoms with Crippen LogP contribution in [0.2, 0.25) is 0 Å². The van der Waals surface area contributed by atoms with Crippen molar-refractivity contribution in [3.05, 3.63) is 12.5 Å². The Hall–Kier alpha value is -2.26. The van der Waals surface area contributed by atoms with Gasteiger partial charge in [0.15, 0.2) is 0 Å². The van der Waals surface area contributed by atoms with E-state index in [0.717, 1.165) is 6.26 Å². The molecule has 0 saturated heterocycles. The second-order valence-corrected chi connectivity index (χ2v) is 4.98. The van der Waals surface area contributed by atoms with Crippen molar-refractivity contribution in [2.24, 2.45) is 5.73 Å². The number of urea groups is 2. The molecule has 0 unspecified atom stereocenters. The van der Waals surface area contributed by atoms with Gasteiger partial charge in [0.2, 0.25) is 0 Å². The number of anilines is 2. The van der Waals surface area contributed by atoms with E-state index in [4.69, 9.17) is 10.2 Å². The van der Waals surface area contributed by atoms with Crippen molar-refractivity contribution in [2.75, 3.05) is 9.96 Å². The van der Waals surface area contributed by atoms with Crippen LogP contribution < -0.4 is 15.7 Å². The molecule has 9 heteroatoms. The number of hydrogen-bond donors (Lipinski definition) is 3. The molecule has 4 amide bonds. The number of carbonyl (C=O) groups is 2. The van der Waals surface area contributed by atoms with Crippen molar-refractivity contribution < 1.29 is 24.4 Å². The molecule has 9 nitrogen and oxygen atoms in total. The van der Waals surface area contributed by atoms with E-state index in [9.17, 15) is 20.0 Å². The van der Waals surface area contributed by atoms with Gasteiger partial charge in [-0.05, 0) is 27.7 Å². The largest absolute Gasteiger partial charge is 0.468 e. The van der Waals surface area contributed by atoms with E-state index in [2.05, 4.69) is 0 Å². The van der Waals surface area contributed by atoms with Crippen LogP contribution in [0.25, 0.3) is 0 Å². The van der Waals surface area contributed by atoms with E-state index in [1.54, 1.807) is 27.7 Å². The van der Waals surface area contributed by atoms with Crippen LogP contribution in [0, 0.1) is 0 Å². The zero-order chi connectivity index (χ0) is 16.3. The molecule has 0 radical (unpaired) electrons. The molecule has 0 aromatic carbocycles. The number of carbonyl (C=O) groups excluding carboxylic acids is 2. The molecular formula is C12H20N4O5. The van der Waals surface area contributed by atoms with Gasteiger partial charge in [0.25, 0.3) is 0 Å². The van der Waals surface area contributed by atoms with Gasteiger partial charge < -0.3 is 10.2 Å². The summed E-state index contributed by atoms with van der Waals surface area (Å²) in [6.45, 7) is 6.67. The van der Waals surface area contributed by atoms with E-state index >= 15 is 0 Å². The Kier molecular flexibility index (Phi) is 5.17. The molecule has 118 valence electrons. The molecule has 0 fully saturated rings. The fourth-order valence-electron chi connectivity index (χ4n) is 1.67. The fourth-order valence-corrected chi connectivity index (χ4v) is 1.67. The first-order valence-electron chi connectivity index (χ1n) is 6.34. The third-order valence-electron chi connectivity index (χ3n) is 2.73. The molecule has 21 heavy (non-hydrogen) atoms. The first-order valence-corrected chi connectivity index (χ1v) is 6.34. The molecule has 1 heterocycles. The van der Waals surface area contributed by atoms with Crippen LogP contribution in [-0.4, -0.2) is 39.6 Å². The van der Waals surface area contributed by atoms with Gasteiger partial charge in [-0.2, -0.15) is 5.06 Å². The lowest BCUT2D eigenvalue weighted by Gasteiger charge is -2.31. The van der Waals surface area contributed by atoms with Crippen molar-refractivity contribution >= 4 is 23.4 Å². The van der Waals surface area contributed by atoms with E-state index in [1.165, 1.54) is 11.2 Å². The van der Waals surface area contributed by atoms with Gasteiger partial charge >= 0.3 is 12.1 Å². The van der Waals surface area contributed by atoms with Crippen LogP contribution in [-0.2, 0) is 0 Å². The highest BCUT2D eigenvalue weighted by Crippen LogP contribution is 2.32.